The van der Waals surface area contributed by atoms with E-state index in [1.54, 1.807) is 4.57 Å². The number of rotatable bonds is 5. The van der Waals surface area contributed by atoms with Crippen LogP contribution in [0.1, 0.15) is 41.9 Å². The van der Waals surface area contributed by atoms with E-state index in [9.17, 15) is 14.7 Å². The summed E-state index contributed by atoms with van der Waals surface area (Å²) in [6.45, 7) is 5.83. The van der Waals surface area contributed by atoms with Gasteiger partial charge in [0.2, 0.25) is 0 Å². The Hall–Kier alpha value is -2.10. The number of carboxylic acids is 1. The van der Waals surface area contributed by atoms with Gasteiger partial charge in [-0.1, -0.05) is 13.0 Å². The summed E-state index contributed by atoms with van der Waals surface area (Å²) in [6, 6.07) is 6.01. The molecule has 2 rings (SSSR count). The molecule has 0 saturated carbocycles. The highest BCUT2D eigenvalue weighted by Crippen LogP contribution is 2.27. The van der Waals surface area contributed by atoms with Crippen LogP contribution < -0.4 is 0 Å². The van der Waals surface area contributed by atoms with Crippen molar-refractivity contribution >= 4 is 22.7 Å². The van der Waals surface area contributed by atoms with Crippen LogP contribution in [-0.4, -0.2) is 21.4 Å². The molecule has 106 valence electrons. The van der Waals surface area contributed by atoms with Gasteiger partial charge >= 0.3 is 5.97 Å². The number of carboxylic acid groups (broad SMARTS) is 1. The van der Waals surface area contributed by atoms with Crippen molar-refractivity contribution in [2.24, 2.45) is 0 Å². The average molecular weight is 273 g/mol. The van der Waals surface area contributed by atoms with Gasteiger partial charge in [-0.2, -0.15) is 0 Å². The molecule has 1 heterocycles. The van der Waals surface area contributed by atoms with Gasteiger partial charge in [-0.25, -0.2) is 4.79 Å². The predicted molar refractivity (Wildman–Crippen MR) is 78.3 cm³/mol. The number of Topliss-reactive ketones (excluding diaryl/α,β-unsaturated/α-hetero) is 1. The smallest absolute Gasteiger partial charge is 0.352 e. The lowest BCUT2D eigenvalue weighted by Crippen LogP contribution is -2.11. The Bertz CT molecular complexity index is 683. The Labute approximate surface area is 118 Å². The van der Waals surface area contributed by atoms with Crippen molar-refractivity contribution in [3.05, 3.63) is 35.0 Å². The minimum atomic E-state index is -0.944. The Balaban J connectivity index is 2.65. The summed E-state index contributed by atoms with van der Waals surface area (Å²) in [4.78, 5) is 22.7. The first-order chi connectivity index (χ1) is 9.45. The second-order valence-corrected chi connectivity index (χ2v) is 5.09. The van der Waals surface area contributed by atoms with E-state index in [-0.39, 0.29) is 11.5 Å². The highest BCUT2D eigenvalue weighted by molar-refractivity contribution is 5.98. The molecule has 4 nitrogen and oxygen atoms in total. The fourth-order valence-corrected chi connectivity index (χ4v) is 2.57. The molecule has 0 radical (unpaired) electrons. The van der Waals surface area contributed by atoms with Crippen molar-refractivity contribution in [3.63, 3.8) is 0 Å². The molecule has 2 aromatic rings. The number of carbonyl (C=O) groups excluding carboxylic acids is 1. The normalized spacial score (nSPS) is 10.9. The first kappa shape index (κ1) is 14.3. The Morgan fingerprint density at radius 3 is 2.55 bits per heavy atom. The van der Waals surface area contributed by atoms with Crippen molar-refractivity contribution < 1.29 is 14.7 Å². The number of aromatic carboxylic acids is 1. The van der Waals surface area contributed by atoms with E-state index in [2.05, 4.69) is 6.92 Å². The Morgan fingerprint density at radius 1 is 1.30 bits per heavy atom. The first-order valence-electron chi connectivity index (χ1n) is 6.80. The fourth-order valence-electron chi connectivity index (χ4n) is 2.57. The van der Waals surface area contributed by atoms with Crippen molar-refractivity contribution in [3.8, 4) is 0 Å². The lowest BCUT2D eigenvalue weighted by Gasteiger charge is -2.07. The number of nitrogens with zero attached hydrogens (tertiary/aromatic N) is 1. The molecule has 0 unspecified atom stereocenters. The summed E-state index contributed by atoms with van der Waals surface area (Å²) < 4.78 is 1.74. The summed E-state index contributed by atoms with van der Waals surface area (Å²) in [5.41, 5.74) is 3.13. The number of hydrogen-bond donors (Lipinski definition) is 1. The summed E-state index contributed by atoms with van der Waals surface area (Å²) in [5, 5.41) is 10.4. The molecular formula is C16H19NO3. The van der Waals surface area contributed by atoms with Crippen LogP contribution in [0.2, 0.25) is 0 Å². The summed E-state index contributed by atoms with van der Waals surface area (Å²) in [7, 11) is 0. The van der Waals surface area contributed by atoms with Crippen LogP contribution >= 0.6 is 0 Å². The van der Waals surface area contributed by atoms with Gasteiger partial charge in [0.1, 0.15) is 11.5 Å². The van der Waals surface area contributed by atoms with Crippen molar-refractivity contribution in [2.45, 2.75) is 40.2 Å². The highest BCUT2D eigenvalue weighted by atomic mass is 16.4. The van der Waals surface area contributed by atoms with E-state index >= 15 is 0 Å². The number of benzene rings is 1. The Morgan fingerprint density at radius 2 is 2.00 bits per heavy atom. The van der Waals surface area contributed by atoms with Crippen LogP contribution in [0.15, 0.2) is 18.2 Å². The molecule has 0 aliphatic heterocycles. The molecule has 0 amide bonds. The molecule has 0 aliphatic carbocycles. The minimum absolute atomic E-state index is 0.0611. The van der Waals surface area contributed by atoms with Crippen LogP contribution in [0, 0.1) is 6.92 Å². The number of hydrogen-bond acceptors (Lipinski definition) is 2. The van der Waals surface area contributed by atoms with Crippen molar-refractivity contribution in [2.75, 3.05) is 0 Å². The maximum atomic E-state index is 11.5. The summed E-state index contributed by atoms with van der Waals surface area (Å²) in [5.74, 6) is -0.883. The van der Waals surface area contributed by atoms with Gasteiger partial charge < -0.3 is 9.67 Å². The molecule has 1 N–H and O–H groups in total. The standard InChI is InChI=1S/C16H19NO3/c1-4-12-5-6-14-13(9-12)11(3)15(16(19)20)17(14)8-7-10(2)18/h5-6,9H,4,7-8H2,1-3H3,(H,19,20). The van der Waals surface area contributed by atoms with E-state index in [4.69, 9.17) is 0 Å². The molecule has 0 spiro atoms. The zero-order valence-electron chi connectivity index (χ0n) is 12.1. The Kier molecular flexibility index (Phi) is 3.93. The predicted octanol–water partition coefficient (Wildman–Crippen LogP) is 3.19. The molecule has 4 heteroatoms. The number of fused-ring (bicyclic) bond motifs is 1. The number of aryl methyl sites for hydroxylation is 3. The van der Waals surface area contributed by atoms with Gasteiger partial charge in [0, 0.05) is 23.9 Å². The third-order valence-corrected chi connectivity index (χ3v) is 3.68. The molecule has 20 heavy (non-hydrogen) atoms. The van der Waals surface area contributed by atoms with Crippen LogP contribution in [0.4, 0.5) is 0 Å². The lowest BCUT2D eigenvalue weighted by atomic mass is 10.1. The van der Waals surface area contributed by atoms with Crippen LogP contribution in [0.5, 0.6) is 0 Å². The number of ketones is 1. The molecular weight excluding hydrogens is 254 g/mol. The zero-order valence-corrected chi connectivity index (χ0v) is 12.1. The van der Waals surface area contributed by atoms with Gasteiger partial charge in [0.15, 0.2) is 0 Å². The topological polar surface area (TPSA) is 59.3 Å². The van der Waals surface area contributed by atoms with Crippen LogP contribution in [0.3, 0.4) is 0 Å². The lowest BCUT2D eigenvalue weighted by molar-refractivity contribution is -0.117. The summed E-state index contributed by atoms with van der Waals surface area (Å²) >= 11 is 0. The van der Waals surface area contributed by atoms with E-state index in [1.807, 2.05) is 25.1 Å². The second kappa shape index (κ2) is 5.49. The second-order valence-electron chi connectivity index (χ2n) is 5.09. The maximum Gasteiger partial charge on any atom is 0.352 e. The third kappa shape index (κ3) is 2.46. The average Bonchev–Trinajstić information content (AvgIpc) is 2.68. The minimum Gasteiger partial charge on any atom is -0.477 e. The van der Waals surface area contributed by atoms with E-state index < -0.39 is 5.97 Å². The SMILES string of the molecule is CCc1ccc2c(c1)c(C)c(C(=O)O)n2CCC(C)=O. The molecule has 0 fully saturated rings. The van der Waals surface area contributed by atoms with Crippen LogP contribution in [-0.2, 0) is 17.8 Å². The molecule has 0 atom stereocenters. The van der Waals surface area contributed by atoms with Gasteiger partial charge in [0.25, 0.3) is 0 Å². The highest BCUT2D eigenvalue weighted by Gasteiger charge is 2.19. The first-order valence-corrected chi connectivity index (χ1v) is 6.80. The summed E-state index contributed by atoms with van der Waals surface area (Å²) in [6.07, 6.45) is 1.26. The maximum absolute atomic E-state index is 11.5. The quantitative estimate of drug-likeness (QED) is 0.910. The number of carbonyl (C=O) groups is 2. The van der Waals surface area contributed by atoms with Gasteiger partial charge in [-0.3, -0.25) is 4.79 Å². The third-order valence-electron chi connectivity index (χ3n) is 3.68. The van der Waals surface area contributed by atoms with E-state index in [0.717, 1.165) is 22.9 Å². The largest absolute Gasteiger partial charge is 0.477 e. The fraction of sp³-hybridized carbons (Fsp3) is 0.375. The molecule has 1 aromatic heterocycles. The van der Waals surface area contributed by atoms with E-state index in [1.165, 1.54) is 12.5 Å². The molecule has 0 bridgehead atoms. The number of aromatic nitrogens is 1. The molecule has 0 saturated heterocycles. The van der Waals surface area contributed by atoms with Gasteiger partial charge in [-0.05, 0) is 43.5 Å². The van der Waals surface area contributed by atoms with Gasteiger partial charge in [0.05, 0.1) is 0 Å². The van der Waals surface area contributed by atoms with Crippen molar-refractivity contribution in [1.29, 1.82) is 0 Å². The zero-order chi connectivity index (χ0) is 14.9. The van der Waals surface area contributed by atoms with Crippen molar-refractivity contribution in [1.82, 2.24) is 4.57 Å². The monoisotopic (exact) mass is 273 g/mol. The van der Waals surface area contributed by atoms with E-state index in [0.29, 0.717) is 13.0 Å². The van der Waals surface area contributed by atoms with Crippen LogP contribution in [0.25, 0.3) is 10.9 Å². The van der Waals surface area contributed by atoms with Gasteiger partial charge in [-0.15, -0.1) is 0 Å². The molecule has 0 aliphatic rings. The molecule has 1 aromatic carbocycles.